The highest BCUT2D eigenvalue weighted by Gasteiger charge is 2.19. The van der Waals surface area contributed by atoms with Crippen molar-refractivity contribution in [3.05, 3.63) is 48.0 Å². The van der Waals surface area contributed by atoms with Gasteiger partial charge >= 0.3 is 0 Å². The van der Waals surface area contributed by atoms with Gasteiger partial charge in [-0.05, 0) is 47.9 Å². The molecule has 0 aromatic heterocycles. The van der Waals surface area contributed by atoms with Gasteiger partial charge in [-0.25, -0.2) is 4.83 Å². The second-order valence-corrected chi connectivity index (χ2v) is 6.89. The molecule has 1 N–H and O–H groups in total. The Balaban J connectivity index is 1.73. The first-order chi connectivity index (χ1) is 9.86. The minimum Gasteiger partial charge on any atom is -0.242 e. The van der Waals surface area contributed by atoms with Gasteiger partial charge in [-0.1, -0.05) is 42.5 Å². The normalized spacial score (nSPS) is 19.1. The Morgan fingerprint density at radius 1 is 1.05 bits per heavy atom. The van der Waals surface area contributed by atoms with Gasteiger partial charge in [-0.2, -0.15) is 5.10 Å². The van der Waals surface area contributed by atoms with Gasteiger partial charge in [-0.15, -0.1) is 0 Å². The van der Waals surface area contributed by atoms with E-state index >= 15 is 0 Å². The van der Waals surface area contributed by atoms with Crippen LogP contribution >= 0.6 is 30.3 Å². The van der Waals surface area contributed by atoms with Gasteiger partial charge in [0.15, 0.2) is 0 Å². The molecule has 0 atom stereocenters. The fourth-order valence-corrected chi connectivity index (χ4v) is 3.40. The predicted molar refractivity (Wildman–Crippen MR) is 97.3 cm³/mol. The van der Waals surface area contributed by atoms with E-state index in [-0.39, 0.29) is 0 Å². The van der Waals surface area contributed by atoms with Crippen LogP contribution in [-0.4, -0.2) is 5.71 Å². The molecule has 0 spiro atoms. The molecule has 0 radical (unpaired) electrons. The van der Waals surface area contributed by atoms with E-state index in [1.54, 1.807) is 0 Å². The third-order valence-corrected chi connectivity index (χ3v) is 4.80. The number of nitrogens with zero attached hydrogens (tertiary/aromatic N) is 1. The van der Waals surface area contributed by atoms with Crippen LogP contribution in [0.3, 0.4) is 0 Å². The average molecular weight is 396 g/mol. The molecule has 4 heteroatoms. The summed E-state index contributed by atoms with van der Waals surface area (Å²) in [5, 5.41) is 7.09. The monoisotopic (exact) mass is 396 g/mol. The molecule has 0 unspecified atom stereocenters. The van der Waals surface area contributed by atoms with Gasteiger partial charge in [0.2, 0.25) is 0 Å². The standard InChI is InChI=1S/C16H17IN2S/c17-20-19-18-16-9-7-13(8-10-16)15-6-5-12-3-1-2-4-14(12)11-15/h1-6,11,13,19H,7-10H2. The highest BCUT2D eigenvalue weighted by atomic mass is 127. The first kappa shape index (κ1) is 14.2. The Labute approximate surface area is 136 Å². The van der Waals surface area contributed by atoms with Crippen LogP contribution in [0.1, 0.15) is 37.2 Å². The van der Waals surface area contributed by atoms with Crippen molar-refractivity contribution in [1.82, 2.24) is 4.83 Å². The quantitative estimate of drug-likeness (QED) is 0.424. The Kier molecular flexibility index (Phi) is 4.83. The smallest absolute Gasteiger partial charge is 0.0396 e. The van der Waals surface area contributed by atoms with Crippen molar-refractivity contribution in [2.24, 2.45) is 5.10 Å². The molecule has 20 heavy (non-hydrogen) atoms. The zero-order valence-electron chi connectivity index (χ0n) is 11.2. The van der Waals surface area contributed by atoms with E-state index in [0.29, 0.717) is 5.92 Å². The molecular weight excluding hydrogens is 379 g/mol. The maximum atomic E-state index is 4.40. The lowest BCUT2D eigenvalue weighted by Crippen LogP contribution is -2.14. The van der Waals surface area contributed by atoms with Gasteiger partial charge in [0, 0.05) is 36.0 Å². The lowest BCUT2D eigenvalue weighted by atomic mass is 9.82. The van der Waals surface area contributed by atoms with Crippen LogP contribution in [-0.2, 0) is 0 Å². The lowest BCUT2D eigenvalue weighted by Gasteiger charge is -2.23. The third kappa shape index (κ3) is 3.28. The van der Waals surface area contributed by atoms with Crippen molar-refractivity contribution in [2.75, 3.05) is 0 Å². The van der Waals surface area contributed by atoms with Crippen molar-refractivity contribution in [2.45, 2.75) is 31.6 Å². The Bertz CT molecular complexity index is 617. The summed E-state index contributed by atoms with van der Waals surface area (Å²) in [6.07, 6.45) is 4.65. The van der Waals surface area contributed by atoms with Crippen molar-refractivity contribution in [3.8, 4) is 0 Å². The predicted octanol–water partition coefficient (Wildman–Crippen LogP) is 5.44. The highest BCUT2D eigenvalue weighted by Crippen LogP contribution is 2.33. The fraction of sp³-hybridized carbons (Fsp3) is 0.312. The molecule has 2 nitrogen and oxygen atoms in total. The van der Waals surface area contributed by atoms with Crippen LogP contribution in [0.5, 0.6) is 0 Å². The summed E-state index contributed by atoms with van der Waals surface area (Å²) in [7, 11) is 1.53. The number of hydrogen-bond acceptors (Lipinski definition) is 3. The number of halogens is 1. The van der Waals surface area contributed by atoms with E-state index in [1.807, 2.05) is 0 Å². The second kappa shape index (κ2) is 6.80. The van der Waals surface area contributed by atoms with Gasteiger partial charge < -0.3 is 0 Å². The Hall–Kier alpha value is -0.750. The summed E-state index contributed by atoms with van der Waals surface area (Å²) >= 11 is 2.20. The molecule has 0 aliphatic heterocycles. The van der Waals surface area contributed by atoms with E-state index in [4.69, 9.17) is 0 Å². The molecular formula is C16H17IN2S. The van der Waals surface area contributed by atoms with Crippen molar-refractivity contribution in [3.63, 3.8) is 0 Å². The van der Waals surface area contributed by atoms with E-state index in [1.165, 1.54) is 44.0 Å². The maximum absolute atomic E-state index is 4.40. The first-order valence-corrected chi connectivity index (χ1v) is 10.3. The molecule has 0 heterocycles. The second-order valence-electron chi connectivity index (χ2n) is 5.23. The minimum absolute atomic E-state index is 0.686. The largest absolute Gasteiger partial charge is 0.242 e. The molecule has 104 valence electrons. The van der Waals surface area contributed by atoms with Gasteiger partial charge in [0.25, 0.3) is 0 Å². The van der Waals surface area contributed by atoms with Crippen LogP contribution in [0.2, 0.25) is 0 Å². The zero-order valence-corrected chi connectivity index (χ0v) is 14.2. The summed E-state index contributed by atoms with van der Waals surface area (Å²) in [5.41, 5.74) is 2.80. The number of benzene rings is 2. The van der Waals surface area contributed by atoms with Crippen molar-refractivity contribution >= 4 is 46.8 Å². The molecule has 1 aliphatic carbocycles. The number of rotatable bonds is 3. The fourth-order valence-electron chi connectivity index (χ4n) is 2.94. The van der Waals surface area contributed by atoms with Crippen LogP contribution < -0.4 is 4.83 Å². The summed E-state index contributed by atoms with van der Waals surface area (Å²) < 4.78 is 0. The molecule has 0 bridgehead atoms. The van der Waals surface area contributed by atoms with Gasteiger partial charge in [-0.3, -0.25) is 0 Å². The number of hydrogen-bond donors (Lipinski definition) is 1. The summed E-state index contributed by atoms with van der Waals surface area (Å²) in [6.45, 7) is 0. The lowest BCUT2D eigenvalue weighted by molar-refractivity contribution is 0.565. The first-order valence-electron chi connectivity index (χ1n) is 6.93. The maximum Gasteiger partial charge on any atom is 0.0396 e. The molecule has 0 amide bonds. The van der Waals surface area contributed by atoms with Crippen LogP contribution in [0.25, 0.3) is 10.8 Å². The van der Waals surface area contributed by atoms with E-state index < -0.39 is 0 Å². The average Bonchev–Trinajstić information content (AvgIpc) is 2.53. The van der Waals surface area contributed by atoms with E-state index in [0.717, 1.165) is 12.8 Å². The van der Waals surface area contributed by atoms with Crippen LogP contribution in [0.15, 0.2) is 47.6 Å². The zero-order chi connectivity index (χ0) is 13.8. The van der Waals surface area contributed by atoms with Gasteiger partial charge in [0.1, 0.15) is 0 Å². The number of fused-ring (bicyclic) bond motifs is 1. The van der Waals surface area contributed by atoms with E-state index in [2.05, 4.69) is 73.6 Å². The summed E-state index contributed by atoms with van der Waals surface area (Å²) in [5.74, 6) is 0.686. The Morgan fingerprint density at radius 3 is 2.55 bits per heavy atom. The van der Waals surface area contributed by atoms with Crippen molar-refractivity contribution in [1.29, 1.82) is 0 Å². The molecule has 1 saturated carbocycles. The molecule has 2 aromatic carbocycles. The van der Waals surface area contributed by atoms with Crippen molar-refractivity contribution < 1.29 is 0 Å². The molecule has 2 aromatic rings. The SMILES string of the molecule is ISNN=C1CCC(c2ccc3ccccc3c2)CC1. The van der Waals surface area contributed by atoms with Crippen LogP contribution in [0, 0.1) is 0 Å². The number of nitrogens with one attached hydrogen (secondary N) is 1. The third-order valence-electron chi connectivity index (χ3n) is 4.05. The number of hydrazone groups is 1. The summed E-state index contributed by atoms with van der Waals surface area (Å²) in [4.78, 5) is 2.99. The molecule has 3 rings (SSSR count). The molecule has 0 saturated heterocycles. The Morgan fingerprint density at radius 2 is 1.80 bits per heavy atom. The molecule has 1 aliphatic rings. The minimum atomic E-state index is 0.686. The topological polar surface area (TPSA) is 24.4 Å². The molecule has 1 fully saturated rings. The highest BCUT2D eigenvalue weighted by molar-refractivity contribution is 14.2. The van der Waals surface area contributed by atoms with E-state index in [9.17, 15) is 0 Å². The summed E-state index contributed by atoms with van der Waals surface area (Å²) in [6, 6.07) is 15.5. The van der Waals surface area contributed by atoms with Crippen LogP contribution in [0.4, 0.5) is 0 Å². The van der Waals surface area contributed by atoms with Gasteiger partial charge in [0.05, 0.1) is 0 Å².